The molecule has 156 valence electrons. The molecule has 0 spiro atoms. The number of benzene rings is 2. The van der Waals surface area contributed by atoms with Crippen molar-refractivity contribution in [2.45, 2.75) is 6.92 Å². The van der Waals surface area contributed by atoms with Gasteiger partial charge >= 0.3 is 0 Å². The van der Waals surface area contributed by atoms with Gasteiger partial charge in [0.25, 0.3) is 11.8 Å². The summed E-state index contributed by atoms with van der Waals surface area (Å²) in [5.74, 6) is 0.525. The van der Waals surface area contributed by atoms with Crippen molar-refractivity contribution >= 4 is 11.6 Å². The van der Waals surface area contributed by atoms with E-state index >= 15 is 0 Å². The summed E-state index contributed by atoms with van der Waals surface area (Å²) in [6.45, 7) is 1.83. The average molecular weight is 406 g/mol. The van der Waals surface area contributed by atoms with Crippen molar-refractivity contribution in [2.75, 3.05) is 19.8 Å². The van der Waals surface area contributed by atoms with Crippen LogP contribution in [0, 0.1) is 6.92 Å². The Kier molecular flexibility index (Phi) is 4.97. The summed E-state index contributed by atoms with van der Waals surface area (Å²) in [5, 5.41) is 8.24. The van der Waals surface area contributed by atoms with Crippen LogP contribution >= 0.6 is 0 Å². The molecule has 4 aromatic rings. The van der Waals surface area contributed by atoms with Gasteiger partial charge in [0.15, 0.2) is 0 Å². The predicted octanol–water partition coefficient (Wildman–Crippen LogP) is 4.19. The van der Waals surface area contributed by atoms with Crippen molar-refractivity contribution in [2.24, 2.45) is 0 Å². The first-order chi connectivity index (χ1) is 14.4. The predicted molar refractivity (Wildman–Crippen MR) is 120 cm³/mol. The highest BCUT2D eigenvalue weighted by Crippen LogP contribution is 2.29. The first kappa shape index (κ1) is 19.3. The topological polar surface area (TPSA) is 111 Å². The SMILES string of the molecule is Cc1ncc(-c2ccc(C(=O)N(C)C)cc2)nc1-c1nnc(-c2ccccc2N)o1.[HH].[HH].[HH]. The van der Waals surface area contributed by atoms with Gasteiger partial charge < -0.3 is 15.1 Å². The highest BCUT2D eigenvalue weighted by atomic mass is 16.4. The van der Waals surface area contributed by atoms with E-state index in [2.05, 4.69) is 20.2 Å². The highest BCUT2D eigenvalue weighted by molar-refractivity contribution is 5.94. The molecule has 0 aliphatic rings. The summed E-state index contributed by atoms with van der Waals surface area (Å²) >= 11 is 0. The number of rotatable bonds is 4. The Bertz CT molecular complexity index is 1230. The number of para-hydroxylation sites is 1. The van der Waals surface area contributed by atoms with Crippen LogP contribution < -0.4 is 5.73 Å². The molecule has 0 saturated carbocycles. The summed E-state index contributed by atoms with van der Waals surface area (Å²) in [5.41, 5.74) is 10.4. The number of aryl methyl sites for hydroxylation is 1. The summed E-state index contributed by atoms with van der Waals surface area (Å²) in [6, 6.07) is 14.5. The van der Waals surface area contributed by atoms with E-state index < -0.39 is 0 Å². The minimum atomic E-state index is -0.0594. The Morgan fingerprint density at radius 2 is 1.73 bits per heavy atom. The third-order valence-corrected chi connectivity index (χ3v) is 4.61. The van der Waals surface area contributed by atoms with Gasteiger partial charge in [-0.15, -0.1) is 10.2 Å². The zero-order chi connectivity index (χ0) is 21.3. The van der Waals surface area contributed by atoms with Crippen molar-refractivity contribution in [1.82, 2.24) is 25.1 Å². The molecule has 1 amide bonds. The maximum absolute atomic E-state index is 12.1. The monoisotopic (exact) mass is 406 g/mol. The highest BCUT2D eigenvalue weighted by Gasteiger charge is 2.17. The standard InChI is InChI=1S/C22H20N6O2.3H2/c1-13-19(21-27-26-20(30-21)16-6-4-5-7-17(16)23)25-18(12-24-13)14-8-10-15(11-9-14)22(29)28(2)3;;;/h4-12H,23H2,1-3H3;3*1H. The summed E-state index contributed by atoms with van der Waals surface area (Å²) in [6.07, 6.45) is 1.67. The van der Waals surface area contributed by atoms with E-state index in [0.29, 0.717) is 39.8 Å². The molecule has 2 heterocycles. The molecule has 30 heavy (non-hydrogen) atoms. The second-order valence-electron chi connectivity index (χ2n) is 6.97. The lowest BCUT2D eigenvalue weighted by molar-refractivity contribution is 0.0827. The zero-order valence-electron chi connectivity index (χ0n) is 16.8. The van der Waals surface area contributed by atoms with Crippen LogP contribution in [0.1, 0.15) is 20.3 Å². The van der Waals surface area contributed by atoms with Crippen LogP contribution in [0.4, 0.5) is 5.69 Å². The quantitative estimate of drug-likeness (QED) is 0.506. The molecular weight excluding hydrogens is 380 g/mol. The number of nitrogens with zero attached hydrogens (tertiary/aromatic N) is 5. The molecule has 0 unspecified atom stereocenters. The number of hydrogen-bond donors (Lipinski definition) is 1. The minimum absolute atomic E-state index is 0. The van der Waals surface area contributed by atoms with E-state index in [1.807, 2.05) is 37.3 Å². The van der Waals surface area contributed by atoms with Crippen LogP contribution in [-0.4, -0.2) is 45.1 Å². The number of carbonyl (C=O) groups is 1. The van der Waals surface area contributed by atoms with Crippen molar-refractivity contribution in [3.05, 3.63) is 66.0 Å². The van der Waals surface area contributed by atoms with E-state index in [0.717, 1.165) is 5.56 Å². The molecule has 0 aliphatic heterocycles. The number of nitrogens with two attached hydrogens (primary N) is 1. The van der Waals surface area contributed by atoms with E-state index in [1.165, 1.54) is 4.90 Å². The van der Waals surface area contributed by atoms with Crippen LogP contribution in [0.2, 0.25) is 0 Å². The van der Waals surface area contributed by atoms with Crippen molar-refractivity contribution < 1.29 is 13.5 Å². The van der Waals surface area contributed by atoms with Crippen LogP contribution in [-0.2, 0) is 0 Å². The third kappa shape index (κ3) is 3.62. The zero-order valence-corrected chi connectivity index (χ0v) is 16.8. The Morgan fingerprint density at radius 1 is 1.03 bits per heavy atom. The summed E-state index contributed by atoms with van der Waals surface area (Å²) in [4.78, 5) is 22.7. The number of hydrogen-bond acceptors (Lipinski definition) is 7. The van der Waals surface area contributed by atoms with Gasteiger partial charge in [-0.2, -0.15) is 0 Å². The molecule has 8 nitrogen and oxygen atoms in total. The summed E-state index contributed by atoms with van der Waals surface area (Å²) < 4.78 is 5.83. The largest absolute Gasteiger partial charge is 0.414 e. The fourth-order valence-electron chi connectivity index (χ4n) is 2.95. The van der Waals surface area contributed by atoms with Crippen molar-refractivity contribution in [1.29, 1.82) is 0 Å². The Morgan fingerprint density at radius 3 is 2.43 bits per heavy atom. The number of anilines is 1. The molecule has 0 bridgehead atoms. The van der Waals surface area contributed by atoms with Gasteiger partial charge in [0.1, 0.15) is 5.69 Å². The molecule has 2 aromatic carbocycles. The molecule has 0 saturated heterocycles. The lowest BCUT2D eigenvalue weighted by atomic mass is 10.1. The van der Waals surface area contributed by atoms with Crippen molar-refractivity contribution in [3.63, 3.8) is 0 Å². The minimum Gasteiger partial charge on any atom is -0.414 e. The third-order valence-electron chi connectivity index (χ3n) is 4.61. The first-order valence-electron chi connectivity index (χ1n) is 9.28. The Balaban J connectivity index is 0.00000181. The average Bonchev–Trinajstić information content (AvgIpc) is 3.23. The fraction of sp³-hybridized carbons (Fsp3) is 0.136. The van der Waals surface area contributed by atoms with E-state index in [-0.39, 0.29) is 16.1 Å². The maximum atomic E-state index is 12.1. The number of nitrogen functional groups attached to an aromatic ring is 1. The van der Waals surface area contributed by atoms with Gasteiger partial charge in [0.2, 0.25) is 5.89 Å². The Hall–Kier alpha value is -4.07. The van der Waals surface area contributed by atoms with Gasteiger partial charge in [-0.05, 0) is 31.2 Å². The second-order valence-corrected chi connectivity index (χ2v) is 6.97. The van der Waals surface area contributed by atoms with Crippen LogP contribution in [0.15, 0.2) is 59.1 Å². The number of aromatic nitrogens is 4. The van der Waals surface area contributed by atoms with Gasteiger partial charge in [-0.1, -0.05) is 24.3 Å². The smallest absolute Gasteiger partial charge is 0.268 e. The van der Waals surface area contributed by atoms with Crippen LogP contribution in [0.5, 0.6) is 0 Å². The lowest BCUT2D eigenvalue weighted by Gasteiger charge is -2.10. The number of carbonyl (C=O) groups excluding carboxylic acids is 1. The van der Waals surface area contributed by atoms with Gasteiger partial charge in [-0.25, -0.2) is 4.98 Å². The Labute approximate surface area is 177 Å². The second kappa shape index (κ2) is 7.75. The summed E-state index contributed by atoms with van der Waals surface area (Å²) in [7, 11) is 3.44. The molecule has 0 atom stereocenters. The molecule has 0 aliphatic carbocycles. The molecule has 2 aromatic heterocycles. The van der Waals surface area contributed by atoms with Gasteiger partial charge in [0.05, 0.1) is 23.1 Å². The maximum Gasteiger partial charge on any atom is 0.268 e. The lowest BCUT2D eigenvalue weighted by Crippen LogP contribution is -2.21. The molecule has 0 radical (unpaired) electrons. The molecular formula is C22H26N6O2. The number of amides is 1. The first-order valence-corrected chi connectivity index (χ1v) is 9.28. The van der Waals surface area contributed by atoms with E-state index in [1.54, 1.807) is 38.5 Å². The van der Waals surface area contributed by atoms with Gasteiger partial charge in [-0.3, -0.25) is 9.78 Å². The van der Waals surface area contributed by atoms with E-state index in [9.17, 15) is 4.79 Å². The molecule has 8 heteroatoms. The van der Waals surface area contributed by atoms with Crippen molar-refractivity contribution in [3.8, 4) is 34.3 Å². The molecule has 2 N–H and O–H groups in total. The van der Waals surface area contributed by atoms with E-state index in [4.69, 9.17) is 10.2 Å². The molecule has 0 fully saturated rings. The van der Waals surface area contributed by atoms with Gasteiger partial charge in [0, 0.05) is 35.2 Å². The van der Waals surface area contributed by atoms with Crippen LogP contribution in [0.25, 0.3) is 34.3 Å². The fourth-order valence-corrected chi connectivity index (χ4v) is 2.95. The molecule has 4 rings (SSSR count). The normalized spacial score (nSPS) is 10.8. The van der Waals surface area contributed by atoms with Crippen LogP contribution in [0.3, 0.4) is 0 Å².